The van der Waals surface area contributed by atoms with E-state index in [9.17, 15) is 0 Å². The molecule has 1 aliphatic heterocycles. The Balaban J connectivity index is 1.26. The number of nitrogens with zero attached hydrogens (tertiary/aromatic N) is 4. The van der Waals surface area contributed by atoms with Gasteiger partial charge in [-0.1, -0.05) is 30.3 Å². The van der Waals surface area contributed by atoms with Crippen LogP contribution in [0.25, 0.3) is 22.2 Å². The maximum atomic E-state index is 8.12. The highest BCUT2D eigenvalue weighted by Gasteiger charge is 2.30. The zero-order chi connectivity index (χ0) is 28.8. The topological polar surface area (TPSA) is 81.2 Å². The first-order valence-electron chi connectivity index (χ1n) is 15.2. The van der Waals surface area contributed by atoms with E-state index in [1.165, 1.54) is 6.33 Å². The van der Waals surface area contributed by atoms with Gasteiger partial charge in [-0.25, -0.2) is 9.97 Å². The lowest BCUT2D eigenvalue weighted by atomic mass is 9.89. The molecule has 0 bridgehead atoms. The lowest BCUT2D eigenvalue weighted by Gasteiger charge is -2.41. The average Bonchev–Trinajstić information content (AvgIpc) is 3.39. The first kappa shape index (κ1) is 17.9. The summed E-state index contributed by atoms with van der Waals surface area (Å²) >= 11 is 0. The molecule has 0 radical (unpaired) electrons. The maximum absolute atomic E-state index is 8.12. The second kappa shape index (κ2) is 9.91. The number of nitrogens with one attached hydrogen (secondary N) is 1. The minimum Gasteiger partial charge on any atom is -0.457 e. The predicted octanol–water partition coefficient (Wildman–Crippen LogP) is 5.25. The van der Waals surface area contributed by atoms with E-state index in [4.69, 9.17) is 17.3 Å². The van der Waals surface area contributed by atoms with Crippen molar-refractivity contribution in [3.05, 3.63) is 67.0 Å². The SMILES string of the molecule is [2H]c1c([2H])c([2H])c(Oc2ccc(-c3cn(C4CCC(N5CCNC(C)C5)CC4)c4ncnc(N)c34)cc2)c([2H])c1[2H]. The number of para-hydroxylation sites is 1. The molecule has 2 aromatic heterocycles. The maximum Gasteiger partial charge on any atom is 0.146 e. The molecular weight excluding hydrogens is 448 g/mol. The lowest BCUT2D eigenvalue weighted by molar-refractivity contribution is 0.107. The van der Waals surface area contributed by atoms with Crippen LogP contribution < -0.4 is 15.8 Å². The molecular formula is C29H34N6O. The van der Waals surface area contributed by atoms with Crippen LogP contribution in [0, 0.1) is 0 Å². The van der Waals surface area contributed by atoms with Gasteiger partial charge in [0, 0.05) is 49.5 Å². The van der Waals surface area contributed by atoms with Crippen molar-refractivity contribution in [2.45, 2.75) is 50.7 Å². The predicted molar refractivity (Wildman–Crippen MR) is 144 cm³/mol. The third-order valence-electron chi connectivity index (χ3n) is 7.48. The zero-order valence-electron chi connectivity index (χ0n) is 25.4. The molecule has 3 heterocycles. The Bertz CT molecular complexity index is 1560. The third kappa shape index (κ3) is 4.56. The van der Waals surface area contributed by atoms with Gasteiger partial charge in [-0.05, 0) is 62.4 Å². The molecule has 0 spiro atoms. The fourth-order valence-corrected chi connectivity index (χ4v) is 5.71. The number of ether oxygens (including phenoxy) is 1. The monoisotopic (exact) mass is 487 g/mol. The van der Waals surface area contributed by atoms with Gasteiger partial charge in [0.15, 0.2) is 0 Å². The number of anilines is 1. The molecule has 6 rings (SSSR count). The summed E-state index contributed by atoms with van der Waals surface area (Å²) in [5.74, 6) is 0.580. The molecule has 4 aromatic rings. The van der Waals surface area contributed by atoms with Gasteiger partial charge in [0.25, 0.3) is 0 Å². The largest absolute Gasteiger partial charge is 0.457 e. The summed E-state index contributed by atoms with van der Waals surface area (Å²) in [4.78, 5) is 11.6. The zero-order valence-corrected chi connectivity index (χ0v) is 20.4. The van der Waals surface area contributed by atoms with Crippen molar-refractivity contribution in [1.82, 2.24) is 24.8 Å². The highest BCUT2D eigenvalue weighted by molar-refractivity contribution is 6.00. The summed E-state index contributed by atoms with van der Waals surface area (Å²) in [6, 6.07) is 6.58. The second-order valence-electron chi connectivity index (χ2n) is 9.80. The van der Waals surface area contributed by atoms with E-state index >= 15 is 0 Å². The Hall–Kier alpha value is -3.42. The molecule has 2 aromatic carbocycles. The second-order valence-corrected chi connectivity index (χ2v) is 9.80. The van der Waals surface area contributed by atoms with E-state index < -0.39 is 18.1 Å². The Morgan fingerprint density at radius 3 is 2.50 bits per heavy atom. The molecule has 186 valence electrons. The van der Waals surface area contributed by atoms with Crippen LogP contribution in [0.2, 0.25) is 0 Å². The summed E-state index contributed by atoms with van der Waals surface area (Å²) in [5, 5.41) is 4.35. The number of nitrogen functional groups attached to an aromatic ring is 1. The third-order valence-corrected chi connectivity index (χ3v) is 7.48. The van der Waals surface area contributed by atoms with Crippen molar-refractivity contribution in [2.75, 3.05) is 25.4 Å². The number of fused-ring (bicyclic) bond motifs is 1. The number of benzene rings is 2. The number of piperazine rings is 1. The minimum absolute atomic E-state index is 0.205. The van der Waals surface area contributed by atoms with Gasteiger partial charge >= 0.3 is 0 Å². The van der Waals surface area contributed by atoms with Gasteiger partial charge in [0.05, 0.1) is 12.2 Å². The van der Waals surface area contributed by atoms with Crippen LogP contribution in [0.1, 0.15) is 45.5 Å². The van der Waals surface area contributed by atoms with Crippen molar-refractivity contribution in [3.63, 3.8) is 0 Å². The number of hydrogen-bond acceptors (Lipinski definition) is 6. The van der Waals surface area contributed by atoms with Gasteiger partial charge in [-0.15, -0.1) is 0 Å². The molecule has 7 nitrogen and oxygen atoms in total. The van der Waals surface area contributed by atoms with Gasteiger partial charge in [-0.3, -0.25) is 4.90 Å². The van der Waals surface area contributed by atoms with Gasteiger partial charge in [0.2, 0.25) is 0 Å². The molecule has 0 amide bonds. The lowest BCUT2D eigenvalue weighted by Crippen LogP contribution is -2.53. The molecule has 1 aliphatic carbocycles. The summed E-state index contributed by atoms with van der Waals surface area (Å²) < 4.78 is 47.8. The quantitative estimate of drug-likeness (QED) is 0.400. The summed E-state index contributed by atoms with van der Waals surface area (Å²) in [6.45, 7) is 5.51. The van der Waals surface area contributed by atoms with Crippen molar-refractivity contribution in [1.29, 1.82) is 0 Å². The van der Waals surface area contributed by atoms with Gasteiger partial charge in [0.1, 0.15) is 29.3 Å². The van der Waals surface area contributed by atoms with E-state index in [2.05, 4.69) is 37.9 Å². The molecule has 3 N–H and O–H groups in total. The van der Waals surface area contributed by atoms with Crippen LogP contribution in [-0.2, 0) is 0 Å². The number of aromatic nitrogens is 3. The fourth-order valence-electron chi connectivity index (χ4n) is 5.71. The molecule has 36 heavy (non-hydrogen) atoms. The number of hydrogen-bond donors (Lipinski definition) is 2. The summed E-state index contributed by atoms with van der Waals surface area (Å²) in [5.41, 5.74) is 9.02. The molecule has 1 saturated carbocycles. The smallest absolute Gasteiger partial charge is 0.146 e. The first-order chi connectivity index (χ1) is 19.7. The Kier molecular flexibility index (Phi) is 4.93. The molecule has 2 fully saturated rings. The van der Waals surface area contributed by atoms with Crippen molar-refractivity contribution in [2.24, 2.45) is 0 Å². The molecule has 1 atom stereocenters. The molecule has 2 aliphatic rings. The number of nitrogens with two attached hydrogens (primary N) is 1. The Morgan fingerprint density at radius 1 is 1.00 bits per heavy atom. The van der Waals surface area contributed by atoms with E-state index in [0.29, 0.717) is 29.7 Å². The van der Waals surface area contributed by atoms with Crippen molar-refractivity contribution >= 4 is 16.9 Å². The van der Waals surface area contributed by atoms with Crippen LogP contribution in [0.5, 0.6) is 11.5 Å². The van der Waals surface area contributed by atoms with Crippen LogP contribution in [0.15, 0.2) is 67.0 Å². The van der Waals surface area contributed by atoms with E-state index in [0.717, 1.165) is 67.5 Å². The van der Waals surface area contributed by atoms with Crippen molar-refractivity contribution < 1.29 is 11.6 Å². The average molecular weight is 488 g/mol. The summed E-state index contributed by atoms with van der Waals surface area (Å²) in [7, 11) is 0. The van der Waals surface area contributed by atoms with Crippen LogP contribution >= 0.6 is 0 Å². The fraction of sp³-hybridized carbons (Fsp3) is 0.379. The van der Waals surface area contributed by atoms with Crippen LogP contribution in [-0.4, -0.2) is 51.2 Å². The van der Waals surface area contributed by atoms with Gasteiger partial charge in [-0.2, -0.15) is 0 Å². The van der Waals surface area contributed by atoms with Crippen LogP contribution in [0.3, 0.4) is 0 Å². The van der Waals surface area contributed by atoms with E-state index in [1.807, 2.05) is 12.1 Å². The highest BCUT2D eigenvalue weighted by atomic mass is 16.5. The minimum atomic E-state index is -0.453. The van der Waals surface area contributed by atoms with E-state index in [-0.39, 0.29) is 17.8 Å². The standard InChI is InChI=1S/C29H34N6O/c1-20-17-34(16-15-31-20)22-9-11-23(12-10-22)35-18-26(27-28(30)32-19-33-29(27)35)21-7-13-25(14-8-21)36-24-5-3-2-4-6-24/h2-8,13-14,18-20,22-23,31H,9-12,15-17H2,1H3,(H2,30,32,33)/i2D,3D,4D,5D,6D. The Labute approximate surface area is 219 Å². The molecule has 7 heteroatoms. The number of rotatable bonds is 5. The highest BCUT2D eigenvalue weighted by Crippen LogP contribution is 2.39. The normalized spacial score (nSPS) is 25.0. The van der Waals surface area contributed by atoms with Crippen LogP contribution in [0.4, 0.5) is 5.82 Å². The van der Waals surface area contributed by atoms with Crippen molar-refractivity contribution in [3.8, 4) is 22.6 Å². The van der Waals surface area contributed by atoms with Gasteiger partial charge < -0.3 is 20.4 Å². The molecule has 1 saturated heterocycles. The Morgan fingerprint density at radius 2 is 1.75 bits per heavy atom. The molecule has 1 unspecified atom stereocenters. The first-order valence-corrected chi connectivity index (χ1v) is 12.7. The summed E-state index contributed by atoms with van der Waals surface area (Å²) in [6.07, 6.45) is 8.08. The van der Waals surface area contributed by atoms with E-state index in [1.54, 1.807) is 12.1 Å².